The molecule has 0 spiro atoms. The normalized spacial score (nSPS) is 10.5. The molecule has 0 fully saturated rings. The van der Waals surface area contributed by atoms with E-state index in [0.29, 0.717) is 17.2 Å². The van der Waals surface area contributed by atoms with E-state index in [1.807, 2.05) is 31.1 Å². The van der Waals surface area contributed by atoms with Gasteiger partial charge in [0.25, 0.3) is 0 Å². The van der Waals surface area contributed by atoms with Crippen molar-refractivity contribution in [1.29, 1.82) is 0 Å². The molecule has 1 aromatic heterocycles. The smallest absolute Gasteiger partial charge is 0.427 e. The third-order valence-corrected chi connectivity index (χ3v) is 3.93. The van der Waals surface area contributed by atoms with Gasteiger partial charge in [-0.15, -0.1) is 0 Å². The summed E-state index contributed by atoms with van der Waals surface area (Å²) in [5, 5.41) is 1.19. The highest BCUT2D eigenvalue weighted by Crippen LogP contribution is 2.20. The molecule has 1 heterocycles. The second-order valence-electron chi connectivity index (χ2n) is 8.00. The molecule has 8 nitrogen and oxygen atoms in total. The molecule has 0 aliphatic rings. The van der Waals surface area contributed by atoms with E-state index in [4.69, 9.17) is 10.5 Å². The Bertz CT molecular complexity index is 969. The summed E-state index contributed by atoms with van der Waals surface area (Å²) in [6, 6.07) is 12.4. The minimum absolute atomic E-state index is 0.0978. The molecule has 164 valence electrons. The highest BCUT2D eigenvalue weighted by molar-refractivity contribution is 5.95. The van der Waals surface area contributed by atoms with Crippen LogP contribution in [0.2, 0.25) is 0 Å². The third kappa shape index (κ3) is 7.90. The summed E-state index contributed by atoms with van der Waals surface area (Å²) in [6.45, 7) is 5.26. The van der Waals surface area contributed by atoms with E-state index in [1.54, 1.807) is 51.1 Å². The number of nitrogens with one attached hydrogen (secondary N) is 1. The van der Waals surface area contributed by atoms with Crippen molar-refractivity contribution in [2.24, 2.45) is 0 Å². The summed E-state index contributed by atoms with van der Waals surface area (Å²) >= 11 is 0. The summed E-state index contributed by atoms with van der Waals surface area (Å²) in [5.74, 6) is 5.86. The summed E-state index contributed by atoms with van der Waals surface area (Å²) in [7, 11) is 3.84. The first-order valence-electron chi connectivity index (χ1n) is 9.86. The van der Waals surface area contributed by atoms with Crippen LogP contribution in [-0.4, -0.2) is 36.7 Å². The molecule has 0 bridgehead atoms. The van der Waals surface area contributed by atoms with Crippen molar-refractivity contribution < 1.29 is 14.3 Å². The lowest BCUT2D eigenvalue weighted by molar-refractivity contribution is -0.119. The largest absolute Gasteiger partial charge is 0.443 e. The number of hydrogen-bond acceptors (Lipinski definition) is 6. The van der Waals surface area contributed by atoms with Crippen molar-refractivity contribution in [3.05, 3.63) is 48.2 Å². The molecule has 0 unspecified atom stereocenters. The van der Waals surface area contributed by atoms with Gasteiger partial charge in [-0.3, -0.25) is 4.79 Å². The van der Waals surface area contributed by atoms with Gasteiger partial charge in [-0.25, -0.2) is 20.2 Å². The van der Waals surface area contributed by atoms with Gasteiger partial charge < -0.3 is 15.4 Å². The molecule has 3 N–H and O–H groups in total. The van der Waals surface area contributed by atoms with Gasteiger partial charge in [-0.2, -0.15) is 0 Å². The van der Waals surface area contributed by atoms with E-state index in [1.165, 1.54) is 5.01 Å². The number of amides is 2. The Morgan fingerprint density at radius 3 is 2.32 bits per heavy atom. The van der Waals surface area contributed by atoms with Crippen molar-refractivity contribution in [2.45, 2.75) is 39.2 Å². The molecule has 2 amide bonds. The second-order valence-corrected chi connectivity index (χ2v) is 8.00. The first kappa shape index (κ1) is 23.5. The number of pyridine rings is 1. The molecule has 0 saturated carbocycles. The third-order valence-electron chi connectivity index (χ3n) is 3.93. The van der Waals surface area contributed by atoms with Gasteiger partial charge in [0.15, 0.2) is 0 Å². The Morgan fingerprint density at radius 1 is 1.10 bits per heavy atom. The van der Waals surface area contributed by atoms with Crippen LogP contribution in [0.5, 0.6) is 0 Å². The number of rotatable bonds is 4. The van der Waals surface area contributed by atoms with Crippen molar-refractivity contribution in [3.63, 3.8) is 0 Å². The molecule has 0 radical (unpaired) electrons. The fraction of sp³-hybridized carbons (Fsp3) is 0.348. The van der Waals surface area contributed by atoms with Gasteiger partial charge in [0.2, 0.25) is 5.91 Å². The van der Waals surface area contributed by atoms with E-state index < -0.39 is 11.7 Å². The Kier molecular flexibility index (Phi) is 7.86. The van der Waals surface area contributed by atoms with Crippen LogP contribution in [-0.2, 0) is 9.53 Å². The zero-order valence-electron chi connectivity index (χ0n) is 18.6. The maximum atomic E-state index is 12.9. The Labute approximate surface area is 183 Å². The zero-order chi connectivity index (χ0) is 23.0. The van der Waals surface area contributed by atoms with E-state index >= 15 is 0 Å². The van der Waals surface area contributed by atoms with Crippen LogP contribution >= 0.6 is 0 Å². The lowest BCUT2D eigenvalue weighted by Crippen LogP contribution is -2.48. The number of carbonyl (C=O) groups is 2. The van der Waals surface area contributed by atoms with Crippen LogP contribution in [0, 0.1) is 11.8 Å². The summed E-state index contributed by atoms with van der Waals surface area (Å²) in [5.41, 5.74) is 9.51. The molecule has 0 saturated heterocycles. The van der Waals surface area contributed by atoms with Crippen LogP contribution in [0.1, 0.15) is 39.3 Å². The number of hydrazine groups is 1. The van der Waals surface area contributed by atoms with Gasteiger partial charge in [0.05, 0.1) is 5.69 Å². The van der Waals surface area contributed by atoms with E-state index in [0.717, 1.165) is 5.69 Å². The summed E-state index contributed by atoms with van der Waals surface area (Å²) < 4.78 is 5.30. The maximum Gasteiger partial charge on any atom is 0.427 e. The minimum Gasteiger partial charge on any atom is -0.443 e. The molecule has 0 atom stereocenters. The predicted molar refractivity (Wildman–Crippen MR) is 122 cm³/mol. The molecule has 31 heavy (non-hydrogen) atoms. The number of anilines is 3. The van der Waals surface area contributed by atoms with Crippen LogP contribution in [0.3, 0.4) is 0 Å². The Balaban J connectivity index is 2.12. The van der Waals surface area contributed by atoms with Gasteiger partial charge in [0.1, 0.15) is 17.1 Å². The number of benzene rings is 1. The maximum absolute atomic E-state index is 12.9. The molecule has 2 rings (SSSR count). The second kappa shape index (κ2) is 10.3. The Hall–Kier alpha value is -3.73. The van der Waals surface area contributed by atoms with E-state index in [9.17, 15) is 9.59 Å². The number of aromatic nitrogens is 1. The number of nitrogen functional groups attached to an aromatic ring is 1. The molecule has 0 aliphatic carbocycles. The van der Waals surface area contributed by atoms with Crippen molar-refractivity contribution in [1.82, 2.24) is 10.4 Å². The molecule has 0 aliphatic heterocycles. The standard InChI is InChI=1S/C23H29N5O3/c1-23(2,3)31-22(30)26-28(19-15-13-18(14-16-19)27(4)5)21(29)12-7-6-9-17-10-8-11-20(24)25-17/h8,10-11,13-16H,7,12H2,1-5H3,(H2,24,25)(H,26,30). The fourth-order valence-electron chi connectivity index (χ4n) is 2.52. The summed E-state index contributed by atoms with van der Waals surface area (Å²) in [4.78, 5) is 31.2. The Morgan fingerprint density at radius 2 is 1.74 bits per heavy atom. The fourth-order valence-corrected chi connectivity index (χ4v) is 2.52. The van der Waals surface area contributed by atoms with Crippen LogP contribution in [0.15, 0.2) is 42.5 Å². The van der Waals surface area contributed by atoms with Crippen LogP contribution < -0.4 is 21.1 Å². The predicted octanol–water partition coefficient (Wildman–Crippen LogP) is 3.33. The lowest BCUT2D eigenvalue weighted by atomic mass is 10.2. The average molecular weight is 424 g/mol. The summed E-state index contributed by atoms with van der Waals surface area (Å²) in [6.07, 6.45) is -0.328. The lowest BCUT2D eigenvalue weighted by Gasteiger charge is -2.26. The SMILES string of the molecule is CN(C)c1ccc(N(NC(=O)OC(C)(C)C)C(=O)CCC#Cc2cccc(N)n2)cc1. The van der Waals surface area contributed by atoms with Gasteiger partial charge in [-0.1, -0.05) is 12.0 Å². The van der Waals surface area contributed by atoms with Crippen molar-refractivity contribution in [3.8, 4) is 11.8 Å². The average Bonchev–Trinajstić information content (AvgIpc) is 2.68. The highest BCUT2D eigenvalue weighted by Gasteiger charge is 2.22. The van der Waals surface area contributed by atoms with Crippen molar-refractivity contribution >= 4 is 29.2 Å². The first-order valence-corrected chi connectivity index (χ1v) is 9.86. The van der Waals surface area contributed by atoms with E-state index in [-0.39, 0.29) is 18.7 Å². The number of nitrogens with zero attached hydrogens (tertiary/aromatic N) is 3. The minimum atomic E-state index is -0.715. The monoisotopic (exact) mass is 423 g/mol. The number of nitrogens with two attached hydrogens (primary N) is 1. The topological polar surface area (TPSA) is 101 Å². The first-order chi connectivity index (χ1) is 14.5. The molecular weight excluding hydrogens is 394 g/mol. The highest BCUT2D eigenvalue weighted by atomic mass is 16.6. The van der Waals surface area contributed by atoms with E-state index in [2.05, 4.69) is 22.3 Å². The van der Waals surface area contributed by atoms with Gasteiger partial charge in [0, 0.05) is 32.6 Å². The molecule has 1 aromatic carbocycles. The quantitative estimate of drug-likeness (QED) is 0.578. The van der Waals surface area contributed by atoms with Crippen molar-refractivity contribution in [2.75, 3.05) is 29.7 Å². The number of carbonyl (C=O) groups excluding carboxylic acids is 2. The van der Waals surface area contributed by atoms with Crippen LogP contribution in [0.25, 0.3) is 0 Å². The van der Waals surface area contributed by atoms with Gasteiger partial charge >= 0.3 is 6.09 Å². The molecular formula is C23H29N5O3. The molecule has 2 aromatic rings. The van der Waals surface area contributed by atoms with Gasteiger partial charge in [-0.05, 0) is 63.1 Å². The zero-order valence-corrected chi connectivity index (χ0v) is 18.6. The molecule has 8 heteroatoms. The number of ether oxygens (including phenoxy) is 1. The number of hydrogen-bond donors (Lipinski definition) is 2. The van der Waals surface area contributed by atoms with Crippen LogP contribution in [0.4, 0.5) is 22.0 Å².